The molecule has 3 N–H and O–H groups in total. The summed E-state index contributed by atoms with van der Waals surface area (Å²) in [6.07, 6.45) is 0. The molecule has 106 valence electrons. The van der Waals surface area contributed by atoms with E-state index in [-0.39, 0.29) is 12.4 Å². The van der Waals surface area contributed by atoms with Crippen molar-refractivity contribution in [3.05, 3.63) is 66.7 Å². The highest BCUT2D eigenvalue weighted by molar-refractivity contribution is 5.85. The van der Waals surface area contributed by atoms with Crippen molar-refractivity contribution in [2.45, 2.75) is 0 Å². The van der Waals surface area contributed by atoms with E-state index in [0.29, 0.717) is 5.82 Å². The maximum absolute atomic E-state index is 5.43. The zero-order valence-corrected chi connectivity index (χ0v) is 12.0. The van der Waals surface area contributed by atoms with Crippen molar-refractivity contribution in [3.8, 4) is 22.4 Å². The van der Waals surface area contributed by atoms with Gasteiger partial charge in [-0.1, -0.05) is 60.7 Å². The van der Waals surface area contributed by atoms with Crippen LogP contribution >= 0.6 is 12.4 Å². The highest BCUT2D eigenvalue weighted by Crippen LogP contribution is 2.30. The topological polar surface area (TPSA) is 63.8 Å². The fourth-order valence-corrected chi connectivity index (χ4v) is 2.11. The summed E-state index contributed by atoms with van der Waals surface area (Å²) in [6, 6.07) is 22.0. The van der Waals surface area contributed by atoms with Gasteiger partial charge >= 0.3 is 0 Å². The Balaban J connectivity index is 0.00000161. The van der Waals surface area contributed by atoms with Crippen LogP contribution in [-0.2, 0) is 0 Å². The standard InChI is InChI=1S/C16H14N4.ClH/c17-18-15-11-14(12-7-3-1-4-8-12)16(20-19-15)13-9-5-2-6-10-13;/h1-11H,17H2,(H,18,19);1H. The Morgan fingerprint density at radius 2 is 1.33 bits per heavy atom. The number of nitrogens with one attached hydrogen (secondary N) is 1. The number of aromatic nitrogens is 2. The molecule has 1 aromatic heterocycles. The van der Waals surface area contributed by atoms with Crippen LogP contribution in [0.4, 0.5) is 5.82 Å². The maximum Gasteiger partial charge on any atom is 0.163 e. The molecule has 21 heavy (non-hydrogen) atoms. The molecule has 0 amide bonds. The number of nitrogens with two attached hydrogens (primary N) is 1. The van der Waals surface area contributed by atoms with Gasteiger partial charge in [-0.15, -0.1) is 22.6 Å². The van der Waals surface area contributed by atoms with Gasteiger partial charge in [0.15, 0.2) is 5.82 Å². The molecular weight excluding hydrogens is 284 g/mol. The molecular formula is C16H15ClN4. The average Bonchev–Trinajstić information content (AvgIpc) is 2.56. The van der Waals surface area contributed by atoms with Crippen molar-refractivity contribution in [1.82, 2.24) is 10.2 Å². The van der Waals surface area contributed by atoms with Crippen molar-refractivity contribution in [3.63, 3.8) is 0 Å². The Morgan fingerprint density at radius 1 is 0.762 bits per heavy atom. The molecule has 0 bridgehead atoms. The Bertz CT molecular complexity index is 702. The van der Waals surface area contributed by atoms with Crippen molar-refractivity contribution in [2.75, 3.05) is 5.43 Å². The molecule has 2 aromatic carbocycles. The predicted molar refractivity (Wildman–Crippen MR) is 88.0 cm³/mol. The van der Waals surface area contributed by atoms with Crippen LogP contribution in [0.25, 0.3) is 22.4 Å². The number of benzene rings is 2. The van der Waals surface area contributed by atoms with Crippen LogP contribution in [0.1, 0.15) is 0 Å². The Kier molecular flexibility index (Phi) is 4.87. The molecule has 3 aromatic rings. The molecule has 3 rings (SSSR count). The molecule has 0 aliphatic carbocycles. The van der Waals surface area contributed by atoms with Gasteiger partial charge in [-0.05, 0) is 11.6 Å². The van der Waals surface area contributed by atoms with E-state index in [2.05, 4.69) is 15.6 Å². The van der Waals surface area contributed by atoms with E-state index >= 15 is 0 Å². The Hall–Kier alpha value is -2.43. The van der Waals surface area contributed by atoms with Gasteiger partial charge in [0.1, 0.15) is 5.69 Å². The van der Waals surface area contributed by atoms with Crippen LogP contribution in [0.15, 0.2) is 66.7 Å². The van der Waals surface area contributed by atoms with E-state index < -0.39 is 0 Å². The smallest absolute Gasteiger partial charge is 0.163 e. The number of anilines is 1. The van der Waals surface area contributed by atoms with Gasteiger partial charge in [-0.2, -0.15) is 0 Å². The third-order valence-corrected chi connectivity index (χ3v) is 3.07. The van der Waals surface area contributed by atoms with Gasteiger partial charge < -0.3 is 5.43 Å². The highest BCUT2D eigenvalue weighted by Gasteiger charge is 2.10. The lowest BCUT2D eigenvalue weighted by molar-refractivity contribution is 1.03. The van der Waals surface area contributed by atoms with E-state index in [0.717, 1.165) is 22.4 Å². The summed E-state index contributed by atoms with van der Waals surface area (Å²) >= 11 is 0. The van der Waals surface area contributed by atoms with Crippen LogP contribution < -0.4 is 11.3 Å². The van der Waals surface area contributed by atoms with Crippen LogP contribution in [0, 0.1) is 0 Å². The number of nitrogen functional groups attached to an aromatic ring is 1. The first kappa shape index (κ1) is 15.0. The summed E-state index contributed by atoms with van der Waals surface area (Å²) in [5.74, 6) is 5.98. The lowest BCUT2D eigenvalue weighted by atomic mass is 10.00. The summed E-state index contributed by atoms with van der Waals surface area (Å²) in [5, 5.41) is 8.38. The van der Waals surface area contributed by atoms with Crippen LogP contribution in [-0.4, -0.2) is 10.2 Å². The molecule has 0 fully saturated rings. The number of rotatable bonds is 3. The first-order valence-electron chi connectivity index (χ1n) is 6.33. The second-order valence-corrected chi connectivity index (χ2v) is 4.37. The van der Waals surface area contributed by atoms with Gasteiger partial charge in [0.2, 0.25) is 0 Å². The van der Waals surface area contributed by atoms with Gasteiger partial charge in [-0.3, -0.25) is 0 Å². The molecule has 5 heteroatoms. The average molecular weight is 299 g/mol. The molecule has 1 heterocycles. The second-order valence-electron chi connectivity index (χ2n) is 4.37. The summed E-state index contributed by atoms with van der Waals surface area (Å²) in [5.41, 5.74) is 6.50. The zero-order valence-electron chi connectivity index (χ0n) is 11.2. The molecule has 0 saturated heterocycles. The zero-order chi connectivity index (χ0) is 13.8. The molecule has 0 atom stereocenters. The van der Waals surface area contributed by atoms with Gasteiger partial charge in [0.05, 0.1) is 0 Å². The van der Waals surface area contributed by atoms with Crippen molar-refractivity contribution in [2.24, 2.45) is 5.84 Å². The highest BCUT2D eigenvalue weighted by atomic mass is 35.5. The van der Waals surface area contributed by atoms with Gasteiger partial charge in [0, 0.05) is 11.1 Å². The third kappa shape index (κ3) is 3.18. The molecule has 4 nitrogen and oxygen atoms in total. The molecule has 0 radical (unpaired) electrons. The lowest BCUT2D eigenvalue weighted by Gasteiger charge is -2.10. The fraction of sp³-hybridized carbons (Fsp3) is 0. The van der Waals surface area contributed by atoms with Crippen molar-refractivity contribution < 1.29 is 0 Å². The minimum Gasteiger partial charge on any atom is -0.307 e. The Labute approximate surface area is 129 Å². The van der Waals surface area contributed by atoms with Crippen LogP contribution in [0.2, 0.25) is 0 Å². The summed E-state index contributed by atoms with van der Waals surface area (Å²) in [6.45, 7) is 0. The Morgan fingerprint density at radius 3 is 1.90 bits per heavy atom. The minimum absolute atomic E-state index is 0. The molecule has 0 spiro atoms. The van der Waals surface area contributed by atoms with Crippen LogP contribution in [0.3, 0.4) is 0 Å². The number of hydrogen-bond acceptors (Lipinski definition) is 4. The predicted octanol–water partition coefficient (Wildman–Crippen LogP) is 3.52. The van der Waals surface area contributed by atoms with E-state index in [1.165, 1.54) is 0 Å². The van der Waals surface area contributed by atoms with Crippen molar-refractivity contribution >= 4 is 18.2 Å². The SMILES string of the molecule is Cl.NNc1cc(-c2ccccc2)c(-c2ccccc2)nn1. The molecule has 0 unspecified atom stereocenters. The van der Waals surface area contributed by atoms with E-state index in [9.17, 15) is 0 Å². The summed E-state index contributed by atoms with van der Waals surface area (Å²) < 4.78 is 0. The normalized spacial score (nSPS) is 9.76. The fourth-order valence-electron chi connectivity index (χ4n) is 2.11. The summed E-state index contributed by atoms with van der Waals surface area (Å²) in [7, 11) is 0. The molecule has 0 aliphatic rings. The largest absolute Gasteiger partial charge is 0.307 e. The maximum atomic E-state index is 5.43. The minimum atomic E-state index is 0. The lowest BCUT2D eigenvalue weighted by Crippen LogP contribution is -2.09. The molecule has 0 saturated carbocycles. The number of hydrogen-bond donors (Lipinski definition) is 2. The number of nitrogens with zero attached hydrogens (tertiary/aromatic N) is 2. The van der Waals surface area contributed by atoms with Crippen molar-refractivity contribution in [1.29, 1.82) is 0 Å². The second kappa shape index (κ2) is 6.83. The third-order valence-electron chi connectivity index (χ3n) is 3.07. The van der Waals surface area contributed by atoms with E-state index in [1.54, 1.807) is 0 Å². The van der Waals surface area contributed by atoms with Gasteiger partial charge in [-0.25, -0.2) is 5.84 Å². The number of hydrazine groups is 1. The monoisotopic (exact) mass is 298 g/mol. The number of halogens is 1. The first-order chi connectivity index (χ1) is 9.88. The van der Waals surface area contributed by atoms with Crippen LogP contribution in [0.5, 0.6) is 0 Å². The van der Waals surface area contributed by atoms with E-state index in [4.69, 9.17) is 5.84 Å². The summed E-state index contributed by atoms with van der Waals surface area (Å²) in [4.78, 5) is 0. The van der Waals surface area contributed by atoms with Gasteiger partial charge in [0.25, 0.3) is 0 Å². The quantitative estimate of drug-likeness (QED) is 0.573. The molecule has 0 aliphatic heterocycles. The first-order valence-corrected chi connectivity index (χ1v) is 6.33. The van der Waals surface area contributed by atoms with E-state index in [1.807, 2.05) is 66.7 Å².